The highest BCUT2D eigenvalue weighted by Gasteiger charge is 2.38. The highest BCUT2D eigenvalue weighted by atomic mass is 16.4. The lowest BCUT2D eigenvalue weighted by Crippen LogP contribution is -2.49. The molecule has 1 aliphatic rings. The van der Waals surface area contributed by atoms with Gasteiger partial charge in [0.25, 0.3) is 0 Å². The second kappa shape index (κ2) is 5.90. The Morgan fingerprint density at radius 2 is 1.95 bits per heavy atom. The standard InChI is InChI=1S/C12H21N3O4/c1-7(2)15(6-10(13)16)12(19)14-4-8(3)9(5-14)11(17)18/h7-9H,4-6H2,1-3H3,(H2,13,16)(H,17,18)/t8-,9-/m1/s1. The minimum atomic E-state index is -0.895. The maximum Gasteiger partial charge on any atom is 0.320 e. The topological polar surface area (TPSA) is 104 Å². The molecule has 1 rings (SSSR count). The van der Waals surface area contributed by atoms with E-state index in [1.54, 1.807) is 20.8 Å². The number of hydrogen-bond donors (Lipinski definition) is 2. The largest absolute Gasteiger partial charge is 0.481 e. The molecule has 0 aromatic heterocycles. The number of nitrogens with zero attached hydrogens (tertiary/aromatic N) is 2. The normalized spacial score (nSPS) is 22.6. The van der Waals surface area contributed by atoms with Crippen LogP contribution in [0.5, 0.6) is 0 Å². The van der Waals surface area contributed by atoms with Crippen LogP contribution in [0.4, 0.5) is 4.79 Å². The summed E-state index contributed by atoms with van der Waals surface area (Å²) in [6.45, 7) is 5.79. The van der Waals surface area contributed by atoms with Crippen molar-refractivity contribution in [2.45, 2.75) is 26.8 Å². The predicted octanol–water partition coefficient (Wildman–Crippen LogP) is -0.0454. The molecule has 3 N–H and O–H groups in total. The number of likely N-dealkylation sites (tertiary alicyclic amines) is 1. The molecule has 108 valence electrons. The summed E-state index contributed by atoms with van der Waals surface area (Å²) in [7, 11) is 0. The van der Waals surface area contributed by atoms with E-state index in [1.165, 1.54) is 9.80 Å². The van der Waals surface area contributed by atoms with Crippen LogP contribution in [0.25, 0.3) is 0 Å². The first-order valence-corrected chi connectivity index (χ1v) is 6.30. The van der Waals surface area contributed by atoms with Gasteiger partial charge in [-0.3, -0.25) is 9.59 Å². The van der Waals surface area contributed by atoms with Crippen LogP contribution in [0, 0.1) is 11.8 Å². The molecule has 7 heteroatoms. The molecule has 3 amide bonds. The van der Waals surface area contributed by atoms with Crippen molar-refractivity contribution >= 4 is 17.9 Å². The summed E-state index contributed by atoms with van der Waals surface area (Å²) in [5.41, 5.74) is 5.12. The van der Waals surface area contributed by atoms with E-state index in [-0.39, 0.29) is 31.1 Å². The highest BCUT2D eigenvalue weighted by molar-refractivity contribution is 5.84. The van der Waals surface area contributed by atoms with Gasteiger partial charge in [-0.25, -0.2) is 4.79 Å². The van der Waals surface area contributed by atoms with Crippen molar-refractivity contribution in [3.8, 4) is 0 Å². The number of rotatable bonds is 4. The summed E-state index contributed by atoms with van der Waals surface area (Å²) in [6.07, 6.45) is 0. The van der Waals surface area contributed by atoms with Crippen LogP contribution in [-0.4, -0.2) is 58.5 Å². The fraction of sp³-hybridized carbons (Fsp3) is 0.750. The summed E-state index contributed by atoms with van der Waals surface area (Å²) in [4.78, 5) is 37.1. The number of aliphatic carboxylic acids is 1. The molecule has 0 aromatic rings. The zero-order valence-electron chi connectivity index (χ0n) is 11.5. The van der Waals surface area contributed by atoms with Crippen LogP contribution in [0.15, 0.2) is 0 Å². The summed E-state index contributed by atoms with van der Waals surface area (Å²) in [6, 6.07) is -0.497. The van der Waals surface area contributed by atoms with E-state index in [9.17, 15) is 14.4 Å². The Hall–Kier alpha value is -1.79. The minimum Gasteiger partial charge on any atom is -0.481 e. The number of carbonyl (C=O) groups is 3. The predicted molar refractivity (Wildman–Crippen MR) is 68.3 cm³/mol. The van der Waals surface area contributed by atoms with E-state index in [4.69, 9.17) is 10.8 Å². The summed E-state index contributed by atoms with van der Waals surface area (Å²) < 4.78 is 0. The number of carbonyl (C=O) groups excluding carboxylic acids is 2. The maximum atomic E-state index is 12.3. The van der Waals surface area contributed by atoms with Crippen molar-refractivity contribution in [1.82, 2.24) is 9.80 Å². The SMILES string of the molecule is CC(C)N(CC(N)=O)C(=O)N1C[C@@H](C)[C@H](C(=O)O)C1. The zero-order valence-corrected chi connectivity index (χ0v) is 11.5. The van der Waals surface area contributed by atoms with Crippen LogP contribution >= 0.6 is 0 Å². The van der Waals surface area contributed by atoms with Crippen molar-refractivity contribution in [3.63, 3.8) is 0 Å². The van der Waals surface area contributed by atoms with Crippen molar-refractivity contribution in [2.24, 2.45) is 17.6 Å². The lowest BCUT2D eigenvalue weighted by atomic mass is 9.99. The molecule has 0 aromatic carbocycles. The van der Waals surface area contributed by atoms with Gasteiger partial charge in [-0.15, -0.1) is 0 Å². The van der Waals surface area contributed by atoms with Crippen molar-refractivity contribution in [1.29, 1.82) is 0 Å². The Balaban J connectivity index is 2.76. The van der Waals surface area contributed by atoms with Gasteiger partial charge in [0.15, 0.2) is 0 Å². The van der Waals surface area contributed by atoms with Crippen molar-refractivity contribution < 1.29 is 19.5 Å². The Labute approximate surface area is 112 Å². The van der Waals surface area contributed by atoms with Gasteiger partial charge in [-0.1, -0.05) is 6.92 Å². The molecule has 2 atom stereocenters. The van der Waals surface area contributed by atoms with Gasteiger partial charge < -0.3 is 20.6 Å². The number of carboxylic acid groups (broad SMARTS) is 1. The quantitative estimate of drug-likeness (QED) is 0.748. The molecule has 0 aliphatic carbocycles. The lowest BCUT2D eigenvalue weighted by molar-refractivity contribution is -0.142. The average Bonchev–Trinajstić information content (AvgIpc) is 2.66. The first-order chi connectivity index (χ1) is 8.73. The fourth-order valence-corrected chi connectivity index (χ4v) is 2.27. The van der Waals surface area contributed by atoms with Crippen LogP contribution in [0.3, 0.4) is 0 Å². The van der Waals surface area contributed by atoms with Gasteiger partial charge in [0.1, 0.15) is 6.54 Å². The molecule has 0 spiro atoms. The molecule has 1 saturated heterocycles. The van der Waals surface area contributed by atoms with Gasteiger partial charge in [0.2, 0.25) is 5.91 Å². The third kappa shape index (κ3) is 3.59. The second-order valence-corrected chi connectivity index (χ2v) is 5.30. The maximum absolute atomic E-state index is 12.3. The monoisotopic (exact) mass is 271 g/mol. The van der Waals surface area contributed by atoms with E-state index in [0.29, 0.717) is 6.54 Å². The van der Waals surface area contributed by atoms with Crippen LogP contribution in [-0.2, 0) is 9.59 Å². The van der Waals surface area contributed by atoms with E-state index in [0.717, 1.165) is 0 Å². The second-order valence-electron chi connectivity index (χ2n) is 5.30. The average molecular weight is 271 g/mol. The molecular formula is C12H21N3O4. The Morgan fingerprint density at radius 1 is 1.37 bits per heavy atom. The van der Waals surface area contributed by atoms with Crippen molar-refractivity contribution in [3.05, 3.63) is 0 Å². The lowest BCUT2D eigenvalue weighted by Gasteiger charge is -2.30. The number of nitrogens with two attached hydrogens (primary N) is 1. The number of primary amides is 1. The molecule has 0 saturated carbocycles. The molecule has 7 nitrogen and oxygen atoms in total. The van der Waals surface area contributed by atoms with Gasteiger partial charge in [0.05, 0.1) is 5.92 Å². The van der Waals surface area contributed by atoms with Gasteiger partial charge in [-0.05, 0) is 19.8 Å². The molecule has 1 heterocycles. The molecule has 0 radical (unpaired) electrons. The zero-order chi connectivity index (χ0) is 14.7. The Bertz CT molecular complexity index is 383. The summed E-state index contributed by atoms with van der Waals surface area (Å²) >= 11 is 0. The first-order valence-electron chi connectivity index (χ1n) is 6.30. The fourth-order valence-electron chi connectivity index (χ4n) is 2.27. The third-order valence-corrected chi connectivity index (χ3v) is 3.40. The van der Waals surface area contributed by atoms with Gasteiger partial charge in [0, 0.05) is 19.1 Å². The third-order valence-electron chi connectivity index (χ3n) is 3.40. The van der Waals surface area contributed by atoms with E-state index >= 15 is 0 Å². The van der Waals surface area contributed by atoms with Crippen molar-refractivity contribution in [2.75, 3.05) is 19.6 Å². The van der Waals surface area contributed by atoms with E-state index < -0.39 is 17.8 Å². The summed E-state index contributed by atoms with van der Waals surface area (Å²) in [5.74, 6) is -2.12. The van der Waals surface area contributed by atoms with Crippen LogP contribution < -0.4 is 5.73 Å². The van der Waals surface area contributed by atoms with Gasteiger partial charge in [-0.2, -0.15) is 0 Å². The Kier molecular flexibility index (Phi) is 4.74. The molecular weight excluding hydrogens is 250 g/mol. The highest BCUT2D eigenvalue weighted by Crippen LogP contribution is 2.24. The molecule has 1 fully saturated rings. The van der Waals surface area contributed by atoms with Gasteiger partial charge >= 0.3 is 12.0 Å². The first kappa shape index (κ1) is 15.3. The number of carboxylic acids is 1. The van der Waals surface area contributed by atoms with Crippen LogP contribution in [0.1, 0.15) is 20.8 Å². The molecule has 0 unspecified atom stereocenters. The summed E-state index contributed by atoms with van der Waals surface area (Å²) in [5, 5.41) is 9.05. The minimum absolute atomic E-state index is 0.0935. The van der Waals surface area contributed by atoms with E-state index in [2.05, 4.69) is 0 Å². The van der Waals surface area contributed by atoms with Crippen LogP contribution in [0.2, 0.25) is 0 Å². The number of amides is 3. The molecule has 19 heavy (non-hydrogen) atoms. The number of hydrogen-bond acceptors (Lipinski definition) is 3. The molecule has 1 aliphatic heterocycles. The smallest absolute Gasteiger partial charge is 0.320 e. The Morgan fingerprint density at radius 3 is 2.32 bits per heavy atom. The van der Waals surface area contributed by atoms with E-state index in [1.807, 2.05) is 0 Å². The number of urea groups is 1. The molecule has 0 bridgehead atoms.